The monoisotopic (exact) mass is 389 g/mol. The Hall–Kier alpha value is -0.620. The molecule has 1 heterocycles. The van der Waals surface area contributed by atoms with Crippen molar-refractivity contribution in [1.82, 2.24) is 4.98 Å². The number of halogens is 2. The number of pyridine rings is 1. The summed E-state index contributed by atoms with van der Waals surface area (Å²) in [5.41, 5.74) is 1.10. The Bertz CT molecular complexity index is 516. The van der Waals surface area contributed by atoms with Crippen molar-refractivity contribution in [3.63, 3.8) is 0 Å². The van der Waals surface area contributed by atoms with Gasteiger partial charge >= 0.3 is 0 Å². The van der Waals surface area contributed by atoms with Crippen molar-refractivity contribution in [1.29, 1.82) is 0 Å². The third-order valence-corrected chi connectivity index (χ3v) is 3.45. The van der Waals surface area contributed by atoms with Crippen LogP contribution in [0.3, 0.4) is 0 Å². The first-order chi connectivity index (χ1) is 7.66. The lowest BCUT2D eigenvalue weighted by atomic mass is 10.3. The van der Waals surface area contributed by atoms with Crippen LogP contribution in [-0.2, 0) is 0 Å². The molecule has 82 valence electrons. The van der Waals surface area contributed by atoms with Crippen LogP contribution in [0.15, 0.2) is 41.0 Å². The van der Waals surface area contributed by atoms with E-state index in [1.807, 2.05) is 37.3 Å². The molecule has 1 aromatic carbocycles. The van der Waals surface area contributed by atoms with Gasteiger partial charge < -0.3 is 4.74 Å². The number of aromatic nitrogens is 1. The standard InChI is InChI=1S/C12H9BrINO/c1-8-6-9(13)12(15-7-8)16-11-5-3-2-4-10(11)14/h2-7H,1H3. The molecule has 0 amide bonds. The quantitative estimate of drug-likeness (QED) is 0.703. The number of rotatable bonds is 2. The van der Waals surface area contributed by atoms with Crippen LogP contribution in [0.5, 0.6) is 11.6 Å². The topological polar surface area (TPSA) is 22.1 Å². The van der Waals surface area contributed by atoms with Crippen LogP contribution in [0.1, 0.15) is 5.56 Å². The van der Waals surface area contributed by atoms with E-state index in [0.717, 1.165) is 19.4 Å². The van der Waals surface area contributed by atoms with E-state index in [-0.39, 0.29) is 0 Å². The van der Waals surface area contributed by atoms with Gasteiger partial charge in [0.25, 0.3) is 0 Å². The molecule has 4 heteroatoms. The Labute approximate surface area is 116 Å². The van der Waals surface area contributed by atoms with Gasteiger partial charge in [-0.05, 0) is 69.2 Å². The summed E-state index contributed by atoms with van der Waals surface area (Å²) in [4.78, 5) is 4.24. The van der Waals surface area contributed by atoms with Crippen molar-refractivity contribution < 1.29 is 4.74 Å². The van der Waals surface area contributed by atoms with Gasteiger partial charge in [0.1, 0.15) is 5.75 Å². The molecule has 0 saturated carbocycles. The zero-order valence-electron chi connectivity index (χ0n) is 8.58. The molecular weight excluding hydrogens is 381 g/mol. The first-order valence-electron chi connectivity index (χ1n) is 4.71. The number of nitrogens with zero attached hydrogens (tertiary/aromatic N) is 1. The maximum atomic E-state index is 5.73. The molecule has 0 fully saturated rings. The molecule has 0 bridgehead atoms. The van der Waals surface area contributed by atoms with Crippen molar-refractivity contribution in [3.8, 4) is 11.6 Å². The van der Waals surface area contributed by atoms with Crippen LogP contribution in [0.25, 0.3) is 0 Å². The predicted molar refractivity (Wildman–Crippen MR) is 75.9 cm³/mol. The molecule has 1 aromatic heterocycles. The molecule has 16 heavy (non-hydrogen) atoms. The van der Waals surface area contributed by atoms with Gasteiger partial charge in [-0.25, -0.2) is 4.98 Å². The number of aryl methyl sites for hydroxylation is 1. The number of hydrogen-bond acceptors (Lipinski definition) is 2. The predicted octanol–water partition coefficient (Wildman–Crippen LogP) is 4.55. The van der Waals surface area contributed by atoms with Crippen molar-refractivity contribution in [2.75, 3.05) is 0 Å². The van der Waals surface area contributed by atoms with E-state index in [4.69, 9.17) is 4.74 Å². The molecular formula is C12H9BrINO. The SMILES string of the molecule is Cc1cnc(Oc2ccccc2I)c(Br)c1. The zero-order chi connectivity index (χ0) is 11.5. The molecule has 0 unspecified atom stereocenters. The second-order valence-electron chi connectivity index (χ2n) is 3.33. The van der Waals surface area contributed by atoms with E-state index in [0.29, 0.717) is 5.88 Å². The molecule has 0 N–H and O–H groups in total. The molecule has 0 spiro atoms. The Morgan fingerprint density at radius 2 is 2.06 bits per heavy atom. The normalized spacial score (nSPS) is 10.2. The second-order valence-corrected chi connectivity index (χ2v) is 5.35. The van der Waals surface area contributed by atoms with Crippen molar-refractivity contribution in [2.24, 2.45) is 0 Å². The molecule has 2 aromatic rings. The lowest BCUT2D eigenvalue weighted by molar-refractivity contribution is 0.456. The molecule has 0 atom stereocenters. The van der Waals surface area contributed by atoms with Crippen LogP contribution in [0, 0.1) is 10.5 Å². The molecule has 0 aliphatic rings. The molecule has 0 aliphatic carbocycles. The van der Waals surface area contributed by atoms with Gasteiger partial charge in [-0.3, -0.25) is 0 Å². The van der Waals surface area contributed by atoms with Crippen molar-refractivity contribution in [3.05, 3.63) is 50.1 Å². The summed E-state index contributed by atoms with van der Waals surface area (Å²) in [5, 5.41) is 0. The van der Waals surface area contributed by atoms with Crippen LogP contribution in [-0.4, -0.2) is 4.98 Å². The highest BCUT2D eigenvalue weighted by Crippen LogP contribution is 2.30. The van der Waals surface area contributed by atoms with E-state index in [2.05, 4.69) is 43.5 Å². The summed E-state index contributed by atoms with van der Waals surface area (Å²) in [6, 6.07) is 9.83. The summed E-state index contributed by atoms with van der Waals surface area (Å²) >= 11 is 5.68. The van der Waals surface area contributed by atoms with Crippen LogP contribution >= 0.6 is 38.5 Å². The highest BCUT2D eigenvalue weighted by Gasteiger charge is 2.06. The smallest absolute Gasteiger partial charge is 0.233 e. The van der Waals surface area contributed by atoms with Crippen LogP contribution in [0.2, 0.25) is 0 Å². The minimum Gasteiger partial charge on any atom is -0.437 e. The average molecular weight is 390 g/mol. The van der Waals surface area contributed by atoms with Gasteiger partial charge in [0.05, 0.1) is 8.04 Å². The van der Waals surface area contributed by atoms with Gasteiger partial charge in [-0.15, -0.1) is 0 Å². The Morgan fingerprint density at radius 1 is 1.31 bits per heavy atom. The lowest BCUT2D eigenvalue weighted by Gasteiger charge is -2.08. The minimum atomic E-state index is 0.592. The average Bonchev–Trinajstić information content (AvgIpc) is 2.25. The maximum absolute atomic E-state index is 5.73. The highest BCUT2D eigenvalue weighted by atomic mass is 127. The number of hydrogen-bond donors (Lipinski definition) is 0. The largest absolute Gasteiger partial charge is 0.437 e. The summed E-state index contributed by atoms with van der Waals surface area (Å²) in [6.07, 6.45) is 1.79. The first-order valence-corrected chi connectivity index (χ1v) is 6.58. The first kappa shape index (κ1) is 11.9. The Kier molecular flexibility index (Phi) is 3.81. The molecule has 2 rings (SSSR count). The van der Waals surface area contributed by atoms with Crippen molar-refractivity contribution >= 4 is 38.5 Å². The fourth-order valence-corrected chi connectivity index (χ4v) is 2.27. The third kappa shape index (κ3) is 2.74. The van der Waals surface area contributed by atoms with Gasteiger partial charge in [-0.1, -0.05) is 12.1 Å². The van der Waals surface area contributed by atoms with E-state index in [1.165, 1.54) is 0 Å². The third-order valence-electron chi connectivity index (χ3n) is 1.99. The van der Waals surface area contributed by atoms with Gasteiger partial charge in [0, 0.05) is 6.20 Å². The summed E-state index contributed by atoms with van der Waals surface area (Å²) in [7, 11) is 0. The van der Waals surface area contributed by atoms with Crippen LogP contribution in [0.4, 0.5) is 0 Å². The number of para-hydroxylation sites is 1. The summed E-state index contributed by atoms with van der Waals surface area (Å²) < 4.78 is 7.66. The second kappa shape index (κ2) is 5.14. The van der Waals surface area contributed by atoms with E-state index < -0.39 is 0 Å². The maximum Gasteiger partial charge on any atom is 0.233 e. The molecule has 0 aliphatic heterocycles. The summed E-state index contributed by atoms with van der Waals surface area (Å²) in [6.45, 7) is 1.99. The highest BCUT2D eigenvalue weighted by molar-refractivity contribution is 14.1. The van der Waals surface area contributed by atoms with E-state index >= 15 is 0 Å². The van der Waals surface area contributed by atoms with Gasteiger partial charge in [-0.2, -0.15) is 0 Å². The van der Waals surface area contributed by atoms with Gasteiger partial charge in [0.15, 0.2) is 0 Å². The van der Waals surface area contributed by atoms with E-state index in [9.17, 15) is 0 Å². The van der Waals surface area contributed by atoms with Gasteiger partial charge in [0.2, 0.25) is 5.88 Å². The lowest BCUT2D eigenvalue weighted by Crippen LogP contribution is -1.91. The Balaban J connectivity index is 2.31. The molecule has 0 radical (unpaired) electrons. The fourth-order valence-electron chi connectivity index (χ4n) is 1.23. The summed E-state index contributed by atoms with van der Waals surface area (Å²) in [5.74, 6) is 1.41. The zero-order valence-corrected chi connectivity index (χ0v) is 12.3. The Morgan fingerprint density at radius 3 is 2.75 bits per heavy atom. The number of ether oxygens (including phenoxy) is 1. The van der Waals surface area contributed by atoms with Crippen molar-refractivity contribution in [2.45, 2.75) is 6.92 Å². The fraction of sp³-hybridized carbons (Fsp3) is 0.0833. The molecule has 2 nitrogen and oxygen atoms in total. The molecule has 0 saturated heterocycles. The number of benzene rings is 1. The minimum absolute atomic E-state index is 0.592. The van der Waals surface area contributed by atoms with E-state index in [1.54, 1.807) is 6.20 Å². The van der Waals surface area contributed by atoms with Crippen LogP contribution < -0.4 is 4.74 Å².